The van der Waals surface area contributed by atoms with Crippen molar-refractivity contribution in [3.63, 3.8) is 0 Å². The zero-order valence-corrected chi connectivity index (χ0v) is 12.5. The molecule has 0 spiro atoms. The van der Waals surface area contributed by atoms with Gasteiger partial charge in [-0.2, -0.15) is 0 Å². The van der Waals surface area contributed by atoms with Gasteiger partial charge in [-0.1, -0.05) is 12.1 Å². The Morgan fingerprint density at radius 1 is 1.33 bits per heavy atom. The van der Waals surface area contributed by atoms with Crippen molar-refractivity contribution in [2.75, 3.05) is 38.3 Å². The number of nitrogens with one attached hydrogen (secondary N) is 1. The van der Waals surface area contributed by atoms with E-state index in [0.717, 1.165) is 43.0 Å². The first-order valence-corrected chi connectivity index (χ1v) is 7.56. The van der Waals surface area contributed by atoms with Crippen LogP contribution in [0.3, 0.4) is 0 Å². The predicted molar refractivity (Wildman–Crippen MR) is 84.7 cm³/mol. The third-order valence-electron chi connectivity index (χ3n) is 4.03. The Morgan fingerprint density at radius 3 is 3.14 bits per heavy atom. The predicted octanol–water partition coefficient (Wildman–Crippen LogP) is 1.83. The number of para-hydroxylation sites is 1. The normalized spacial score (nSPS) is 18.5. The minimum absolute atomic E-state index is 0.500. The maximum absolute atomic E-state index is 5.08. The molecule has 0 amide bonds. The third-order valence-corrected chi connectivity index (χ3v) is 4.03. The number of fused-ring (bicyclic) bond motifs is 1. The molecule has 1 atom stereocenters. The van der Waals surface area contributed by atoms with E-state index >= 15 is 0 Å². The van der Waals surface area contributed by atoms with E-state index in [1.807, 2.05) is 12.1 Å². The highest BCUT2D eigenvalue weighted by Gasteiger charge is 2.26. The van der Waals surface area contributed by atoms with Gasteiger partial charge in [0.1, 0.15) is 12.1 Å². The van der Waals surface area contributed by atoms with Crippen LogP contribution in [-0.4, -0.2) is 49.4 Å². The Balaban J connectivity index is 1.77. The van der Waals surface area contributed by atoms with Crippen molar-refractivity contribution >= 4 is 16.7 Å². The van der Waals surface area contributed by atoms with Crippen LogP contribution in [0.25, 0.3) is 10.9 Å². The Morgan fingerprint density at radius 2 is 2.24 bits per heavy atom. The standard InChI is InChI=1S/C16H22N4O/c1-21-10-8-17-11-13-5-4-9-20(13)16-14-6-2-3-7-15(14)18-12-19-16/h2-3,6-7,12-13,17H,4-5,8-11H2,1H3. The van der Waals surface area contributed by atoms with E-state index in [1.54, 1.807) is 13.4 Å². The van der Waals surface area contributed by atoms with E-state index in [1.165, 1.54) is 12.8 Å². The van der Waals surface area contributed by atoms with Gasteiger partial charge in [-0.15, -0.1) is 0 Å². The van der Waals surface area contributed by atoms with Crippen LogP contribution in [0.15, 0.2) is 30.6 Å². The average molecular weight is 286 g/mol. The van der Waals surface area contributed by atoms with Gasteiger partial charge in [0.25, 0.3) is 0 Å². The fourth-order valence-corrected chi connectivity index (χ4v) is 2.99. The van der Waals surface area contributed by atoms with Crippen LogP contribution in [-0.2, 0) is 4.74 Å². The monoisotopic (exact) mass is 286 g/mol. The second-order valence-electron chi connectivity index (χ2n) is 5.40. The summed E-state index contributed by atoms with van der Waals surface area (Å²) in [6.07, 6.45) is 4.10. The van der Waals surface area contributed by atoms with Gasteiger partial charge in [-0.3, -0.25) is 0 Å². The van der Waals surface area contributed by atoms with Crippen LogP contribution in [0.5, 0.6) is 0 Å². The highest BCUT2D eigenvalue weighted by Crippen LogP contribution is 2.28. The average Bonchev–Trinajstić information content (AvgIpc) is 2.99. The van der Waals surface area contributed by atoms with E-state index in [0.29, 0.717) is 6.04 Å². The lowest BCUT2D eigenvalue weighted by molar-refractivity contribution is 0.199. The first kappa shape index (κ1) is 14.2. The van der Waals surface area contributed by atoms with Gasteiger partial charge < -0.3 is 15.0 Å². The summed E-state index contributed by atoms with van der Waals surface area (Å²) >= 11 is 0. The summed E-state index contributed by atoms with van der Waals surface area (Å²) in [6, 6.07) is 8.73. The minimum Gasteiger partial charge on any atom is -0.383 e. The lowest BCUT2D eigenvalue weighted by atomic mass is 10.2. The SMILES string of the molecule is COCCNCC1CCCN1c1ncnc2ccccc12. The highest BCUT2D eigenvalue weighted by atomic mass is 16.5. The molecule has 1 aliphatic heterocycles. The maximum Gasteiger partial charge on any atom is 0.140 e. The lowest BCUT2D eigenvalue weighted by Crippen LogP contribution is -2.39. The molecule has 0 radical (unpaired) electrons. The highest BCUT2D eigenvalue weighted by molar-refractivity contribution is 5.89. The zero-order chi connectivity index (χ0) is 14.5. The van der Waals surface area contributed by atoms with Crippen LogP contribution in [0.2, 0.25) is 0 Å². The van der Waals surface area contributed by atoms with Crippen molar-refractivity contribution in [3.8, 4) is 0 Å². The van der Waals surface area contributed by atoms with Crippen molar-refractivity contribution in [1.82, 2.24) is 15.3 Å². The zero-order valence-electron chi connectivity index (χ0n) is 12.5. The van der Waals surface area contributed by atoms with Crippen molar-refractivity contribution in [3.05, 3.63) is 30.6 Å². The molecule has 0 aliphatic carbocycles. The smallest absolute Gasteiger partial charge is 0.140 e. The van der Waals surface area contributed by atoms with Gasteiger partial charge in [-0.25, -0.2) is 9.97 Å². The Kier molecular flexibility index (Phi) is 4.62. The number of methoxy groups -OCH3 is 1. The molecule has 0 saturated carbocycles. The lowest BCUT2D eigenvalue weighted by Gasteiger charge is -2.27. The molecule has 1 N–H and O–H groups in total. The van der Waals surface area contributed by atoms with Crippen LogP contribution in [0, 0.1) is 0 Å². The summed E-state index contributed by atoms with van der Waals surface area (Å²) in [4.78, 5) is 11.3. The van der Waals surface area contributed by atoms with Crippen LogP contribution in [0.4, 0.5) is 5.82 Å². The fourth-order valence-electron chi connectivity index (χ4n) is 2.99. The summed E-state index contributed by atoms with van der Waals surface area (Å²) in [5.74, 6) is 1.07. The largest absolute Gasteiger partial charge is 0.383 e. The first-order chi connectivity index (χ1) is 10.4. The van der Waals surface area contributed by atoms with Crippen molar-refractivity contribution < 1.29 is 4.74 Å². The van der Waals surface area contributed by atoms with E-state index < -0.39 is 0 Å². The van der Waals surface area contributed by atoms with Gasteiger partial charge in [0.15, 0.2) is 0 Å². The number of rotatable bonds is 6. The molecule has 112 valence electrons. The van der Waals surface area contributed by atoms with Crippen LogP contribution in [0.1, 0.15) is 12.8 Å². The molecule has 1 aromatic carbocycles. The molecule has 5 heteroatoms. The number of hydrogen-bond donors (Lipinski definition) is 1. The number of aromatic nitrogens is 2. The van der Waals surface area contributed by atoms with Crippen LogP contribution < -0.4 is 10.2 Å². The number of nitrogens with zero attached hydrogens (tertiary/aromatic N) is 3. The molecule has 21 heavy (non-hydrogen) atoms. The molecule has 3 rings (SSSR count). The summed E-state index contributed by atoms with van der Waals surface area (Å²) in [6.45, 7) is 3.69. The first-order valence-electron chi connectivity index (χ1n) is 7.56. The molecule has 0 bridgehead atoms. The van der Waals surface area contributed by atoms with E-state index in [-0.39, 0.29) is 0 Å². The second kappa shape index (κ2) is 6.83. The molecular formula is C16H22N4O. The third kappa shape index (κ3) is 3.14. The van der Waals surface area contributed by atoms with Gasteiger partial charge in [0.2, 0.25) is 0 Å². The maximum atomic E-state index is 5.08. The van der Waals surface area contributed by atoms with Crippen molar-refractivity contribution in [2.45, 2.75) is 18.9 Å². The second-order valence-corrected chi connectivity index (χ2v) is 5.40. The molecule has 1 fully saturated rings. The molecule has 5 nitrogen and oxygen atoms in total. The number of hydrogen-bond acceptors (Lipinski definition) is 5. The molecule has 2 heterocycles. The minimum atomic E-state index is 0.500. The van der Waals surface area contributed by atoms with Crippen molar-refractivity contribution in [2.24, 2.45) is 0 Å². The summed E-state index contributed by atoms with van der Waals surface area (Å²) in [5, 5.41) is 4.61. The van der Waals surface area contributed by atoms with Gasteiger partial charge >= 0.3 is 0 Å². The Hall–Kier alpha value is -1.72. The fraction of sp³-hybridized carbons (Fsp3) is 0.500. The Labute approximate surface area is 125 Å². The summed E-state index contributed by atoms with van der Waals surface area (Å²) in [5.41, 5.74) is 1.01. The van der Waals surface area contributed by atoms with E-state index in [4.69, 9.17) is 4.74 Å². The quantitative estimate of drug-likeness (QED) is 0.821. The van der Waals surface area contributed by atoms with Gasteiger partial charge in [0.05, 0.1) is 12.1 Å². The molecule has 1 saturated heterocycles. The molecule has 1 aliphatic rings. The van der Waals surface area contributed by atoms with Gasteiger partial charge in [-0.05, 0) is 25.0 Å². The number of benzene rings is 1. The summed E-state index contributed by atoms with van der Waals surface area (Å²) in [7, 11) is 1.73. The Bertz CT molecular complexity index is 584. The van der Waals surface area contributed by atoms with Crippen LogP contribution >= 0.6 is 0 Å². The molecule has 2 aromatic rings. The topological polar surface area (TPSA) is 50.3 Å². The molecular weight excluding hydrogens is 264 g/mol. The number of anilines is 1. The molecule has 1 aromatic heterocycles. The van der Waals surface area contributed by atoms with E-state index in [2.05, 4.69) is 32.3 Å². The van der Waals surface area contributed by atoms with E-state index in [9.17, 15) is 0 Å². The van der Waals surface area contributed by atoms with Crippen molar-refractivity contribution in [1.29, 1.82) is 0 Å². The van der Waals surface area contributed by atoms with Gasteiger partial charge in [0, 0.05) is 38.2 Å². The summed E-state index contributed by atoms with van der Waals surface area (Å²) < 4.78 is 5.08. The number of ether oxygens (including phenoxy) is 1. The molecule has 1 unspecified atom stereocenters.